The third-order valence-electron chi connectivity index (χ3n) is 3.63. The van der Waals surface area contributed by atoms with Crippen molar-refractivity contribution in [3.63, 3.8) is 0 Å². The number of halogens is 1. The molecule has 1 unspecified atom stereocenters. The highest BCUT2D eigenvalue weighted by Gasteiger charge is 2.34. The number of aliphatic imine (C=N–C) groups is 1. The zero-order valence-electron chi connectivity index (χ0n) is 11.4. The fraction of sp³-hybridized carbons (Fsp3) is 0.214. The number of amides is 1. The van der Waals surface area contributed by atoms with E-state index in [-0.39, 0.29) is 0 Å². The van der Waals surface area contributed by atoms with E-state index in [4.69, 9.17) is 11.5 Å². The van der Waals surface area contributed by atoms with Crippen LogP contribution in [0.4, 0.5) is 0 Å². The Hall–Kier alpha value is -2.15. The predicted octanol–water partition coefficient (Wildman–Crippen LogP) is 1.38. The predicted molar refractivity (Wildman–Crippen MR) is 83.0 cm³/mol. The lowest BCUT2D eigenvalue weighted by Gasteiger charge is -2.31. The molecule has 7 heteroatoms. The van der Waals surface area contributed by atoms with Crippen LogP contribution in [0.1, 0.15) is 28.5 Å². The molecule has 108 valence electrons. The largest absolute Gasteiger partial charge is 0.382 e. The van der Waals surface area contributed by atoms with Crippen LogP contribution >= 0.6 is 15.9 Å². The third kappa shape index (κ3) is 2.23. The number of rotatable bonds is 2. The molecular weight excluding hydrogens is 334 g/mol. The minimum absolute atomic E-state index is 0.414. The summed E-state index contributed by atoms with van der Waals surface area (Å²) in [6, 6.07) is 7.14. The van der Waals surface area contributed by atoms with Crippen molar-refractivity contribution in [1.29, 1.82) is 0 Å². The van der Waals surface area contributed by atoms with Gasteiger partial charge in [0.15, 0.2) is 0 Å². The van der Waals surface area contributed by atoms with E-state index in [2.05, 4.69) is 26.0 Å². The van der Waals surface area contributed by atoms with Gasteiger partial charge in [-0.15, -0.1) is 0 Å². The molecular formula is C14H14BrN5O. The number of hydrogen-bond donors (Lipinski definition) is 2. The average molecular weight is 348 g/mol. The number of aromatic nitrogens is 2. The van der Waals surface area contributed by atoms with E-state index < -0.39 is 11.4 Å². The summed E-state index contributed by atoms with van der Waals surface area (Å²) in [5.41, 5.74) is 12.9. The zero-order valence-corrected chi connectivity index (χ0v) is 13.0. The summed E-state index contributed by atoms with van der Waals surface area (Å²) in [5.74, 6) is -0.0478. The Bertz CT molecular complexity index is 766. The van der Waals surface area contributed by atoms with E-state index >= 15 is 0 Å². The van der Waals surface area contributed by atoms with Crippen molar-refractivity contribution in [2.75, 3.05) is 0 Å². The Balaban J connectivity index is 2.09. The maximum Gasteiger partial charge on any atom is 0.248 e. The smallest absolute Gasteiger partial charge is 0.248 e. The van der Waals surface area contributed by atoms with Crippen LogP contribution in [0.3, 0.4) is 0 Å². The maximum absolute atomic E-state index is 11.3. The number of fused-ring (bicyclic) bond motifs is 1. The van der Waals surface area contributed by atoms with Crippen LogP contribution in [0, 0.1) is 0 Å². The molecule has 4 N–H and O–H groups in total. The number of primary amides is 1. The quantitative estimate of drug-likeness (QED) is 0.858. The fourth-order valence-electron chi connectivity index (χ4n) is 2.55. The van der Waals surface area contributed by atoms with Crippen LogP contribution in [0.2, 0.25) is 0 Å². The second-order valence-corrected chi connectivity index (χ2v) is 6.07. The van der Waals surface area contributed by atoms with Crippen molar-refractivity contribution in [2.24, 2.45) is 16.5 Å². The number of amidine groups is 1. The molecule has 0 bridgehead atoms. The standard InChI is InChI=1S/C14H14BrN5O/c1-14(9-4-2-3-8(5-9)13(17)21)7-20-11(12(16)19-14)10(15)6-18-20/h2-6H,7H2,1H3,(H2,16,19)(H2,17,21). The Morgan fingerprint density at radius 2 is 2.24 bits per heavy atom. The number of carbonyl (C=O) groups excluding carboxylic acids is 1. The minimum atomic E-state index is -0.589. The lowest BCUT2D eigenvalue weighted by molar-refractivity contribution is 0.1000. The lowest BCUT2D eigenvalue weighted by Crippen LogP contribution is -2.37. The molecule has 1 aromatic carbocycles. The Morgan fingerprint density at radius 3 is 2.95 bits per heavy atom. The average Bonchev–Trinajstić information content (AvgIpc) is 2.80. The van der Waals surface area contributed by atoms with Crippen molar-refractivity contribution >= 4 is 27.7 Å². The lowest BCUT2D eigenvalue weighted by atomic mass is 9.90. The van der Waals surface area contributed by atoms with Crippen molar-refractivity contribution in [3.8, 4) is 0 Å². The van der Waals surface area contributed by atoms with Crippen LogP contribution < -0.4 is 11.5 Å². The summed E-state index contributed by atoms with van der Waals surface area (Å²) in [7, 11) is 0. The summed E-state index contributed by atoms with van der Waals surface area (Å²) < 4.78 is 2.63. The van der Waals surface area contributed by atoms with Gasteiger partial charge in [0, 0.05) is 5.56 Å². The fourth-order valence-corrected chi connectivity index (χ4v) is 3.05. The van der Waals surface area contributed by atoms with Gasteiger partial charge >= 0.3 is 0 Å². The molecule has 0 fully saturated rings. The summed E-state index contributed by atoms with van der Waals surface area (Å²) >= 11 is 3.41. The Labute approximate surface area is 130 Å². The molecule has 0 saturated heterocycles. The van der Waals surface area contributed by atoms with Crippen LogP contribution in [0.25, 0.3) is 0 Å². The van der Waals surface area contributed by atoms with E-state index in [0.717, 1.165) is 15.7 Å². The first-order valence-electron chi connectivity index (χ1n) is 6.38. The molecule has 0 aliphatic carbocycles. The summed E-state index contributed by atoms with van der Waals surface area (Å²) in [5, 5.41) is 4.30. The van der Waals surface area contributed by atoms with Crippen molar-refractivity contribution < 1.29 is 4.79 Å². The molecule has 21 heavy (non-hydrogen) atoms. The van der Waals surface area contributed by atoms with E-state index in [1.54, 1.807) is 24.4 Å². The van der Waals surface area contributed by atoms with Gasteiger partial charge in [-0.25, -0.2) is 0 Å². The highest BCUT2D eigenvalue weighted by molar-refractivity contribution is 9.10. The van der Waals surface area contributed by atoms with Crippen LogP contribution in [-0.4, -0.2) is 21.5 Å². The van der Waals surface area contributed by atoms with Gasteiger partial charge in [0.25, 0.3) is 0 Å². The number of hydrogen-bond acceptors (Lipinski definition) is 4. The first-order valence-corrected chi connectivity index (χ1v) is 7.17. The molecule has 2 heterocycles. The molecule has 1 amide bonds. The second-order valence-electron chi connectivity index (χ2n) is 5.21. The van der Waals surface area contributed by atoms with Gasteiger partial charge < -0.3 is 11.5 Å². The third-order valence-corrected chi connectivity index (χ3v) is 4.21. The Kier molecular flexibility index (Phi) is 3.09. The number of carbonyl (C=O) groups is 1. The number of nitrogens with two attached hydrogens (primary N) is 2. The highest BCUT2D eigenvalue weighted by atomic mass is 79.9. The SMILES string of the molecule is CC1(c2cccc(C(N)=O)c2)Cn2ncc(Br)c2C(N)=N1. The van der Waals surface area contributed by atoms with Crippen molar-refractivity contribution in [1.82, 2.24) is 9.78 Å². The molecule has 3 rings (SSSR count). The van der Waals surface area contributed by atoms with Crippen molar-refractivity contribution in [2.45, 2.75) is 19.0 Å². The molecule has 1 atom stereocenters. The maximum atomic E-state index is 11.3. The Morgan fingerprint density at radius 1 is 1.48 bits per heavy atom. The molecule has 0 saturated carbocycles. The molecule has 0 radical (unpaired) electrons. The normalized spacial score (nSPS) is 20.8. The first-order chi connectivity index (χ1) is 9.90. The summed E-state index contributed by atoms with van der Waals surface area (Å²) in [4.78, 5) is 16.0. The molecule has 6 nitrogen and oxygen atoms in total. The van der Waals surface area contributed by atoms with Gasteiger partial charge in [0.05, 0.1) is 17.2 Å². The van der Waals surface area contributed by atoms with Gasteiger partial charge in [0.1, 0.15) is 17.1 Å². The topological polar surface area (TPSA) is 99.3 Å². The number of nitrogens with zero attached hydrogens (tertiary/aromatic N) is 3. The molecule has 1 aliphatic heterocycles. The van der Waals surface area contributed by atoms with Crippen molar-refractivity contribution in [3.05, 3.63) is 51.8 Å². The van der Waals surface area contributed by atoms with E-state index in [9.17, 15) is 4.79 Å². The molecule has 1 aromatic heterocycles. The number of benzene rings is 1. The summed E-state index contributed by atoms with van der Waals surface area (Å²) in [6.07, 6.45) is 1.70. The molecule has 0 spiro atoms. The van der Waals surface area contributed by atoms with E-state index in [0.29, 0.717) is 17.9 Å². The van der Waals surface area contributed by atoms with Gasteiger partial charge in [-0.05, 0) is 40.5 Å². The minimum Gasteiger partial charge on any atom is -0.382 e. The molecule has 2 aromatic rings. The molecule has 1 aliphatic rings. The second kappa shape index (κ2) is 4.70. The van der Waals surface area contributed by atoms with Gasteiger partial charge in [-0.2, -0.15) is 5.10 Å². The van der Waals surface area contributed by atoms with Gasteiger partial charge in [0.2, 0.25) is 5.91 Å². The van der Waals surface area contributed by atoms with Gasteiger partial charge in [-0.3, -0.25) is 14.5 Å². The van der Waals surface area contributed by atoms with E-state index in [1.807, 2.05) is 17.7 Å². The first kappa shape index (κ1) is 13.8. The van der Waals surface area contributed by atoms with Gasteiger partial charge in [-0.1, -0.05) is 12.1 Å². The monoisotopic (exact) mass is 347 g/mol. The van der Waals surface area contributed by atoms with Crippen LogP contribution in [0.15, 0.2) is 39.9 Å². The zero-order chi connectivity index (χ0) is 15.2. The highest BCUT2D eigenvalue weighted by Crippen LogP contribution is 2.33. The van der Waals surface area contributed by atoms with E-state index in [1.165, 1.54) is 0 Å². The van der Waals surface area contributed by atoms with Crippen LogP contribution in [0.5, 0.6) is 0 Å². The summed E-state index contributed by atoms with van der Waals surface area (Å²) in [6.45, 7) is 2.50. The van der Waals surface area contributed by atoms with Crippen LogP contribution in [-0.2, 0) is 12.1 Å².